The summed E-state index contributed by atoms with van der Waals surface area (Å²) < 4.78 is 31.2. The third kappa shape index (κ3) is 3.22. The molecule has 0 aromatic heterocycles. The van der Waals surface area contributed by atoms with Crippen LogP contribution in [0.2, 0.25) is 0 Å². The highest BCUT2D eigenvalue weighted by atomic mass is 16.7. The van der Waals surface area contributed by atoms with Crippen molar-refractivity contribution in [1.29, 1.82) is 0 Å². The van der Waals surface area contributed by atoms with Crippen molar-refractivity contribution in [3.8, 4) is 5.75 Å². The number of nitrogens with zero attached hydrogens (tertiary/aromatic N) is 2. The van der Waals surface area contributed by atoms with E-state index in [-0.39, 0.29) is 24.4 Å². The number of likely N-dealkylation sites (N-methyl/N-ethyl adjacent to an activating group) is 1. The molecule has 1 aromatic rings. The zero-order valence-corrected chi connectivity index (χ0v) is 10.1. The Morgan fingerprint density at radius 3 is 2.75 bits per heavy atom. The molecule has 1 fully saturated rings. The molecule has 1 saturated heterocycles. The van der Waals surface area contributed by atoms with Crippen molar-refractivity contribution in [2.45, 2.75) is 12.5 Å². The Kier molecular flexibility index (Phi) is 2.83. The predicted molar refractivity (Wildman–Crippen MR) is 66.2 cm³/mol. The minimum Gasteiger partial charge on any atom is -0.428 e. The van der Waals surface area contributed by atoms with E-state index in [1.807, 2.05) is 0 Å². The van der Waals surface area contributed by atoms with Crippen molar-refractivity contribution in [3.05, 3.63) is 34.4 Å². The number of nitro benzene ring substituents is 1. The molecule has 0 radical (unpaired) electrons. The normalized spacial score (nSPS) is 20.8. The molecule has 8 nitrogen and oxygen atoms in total. The van der Waals surface area contributed by atoms with Crippen molar-refractivity contribution in [2.75, 3.05) is 13.5 Å². The van der Waals surface area contributed by atoms with E-state index in [2.05, 4.69) is 0 Å². The van der Waals surface area contributed by atoms with Crippen LogP contribution in [0.5, 0.6) is 5.75 Å². The summed E-state index contributed by atoms with van der Waals surface area (Å²) in [7, 11) is 0. The fourth-order valence-corrected chi connectivity index (χ4v) is 1.65. The maximum atomic E-state index is 11.6. The van der Waals surface area contributed by atoms with Gasteiger partial charge in [0.1, 0.15) is 11.9 Å². The lowest BCUT2D eigenvalue weighted by Crippen LogP contribution is -2.24. The molecule has 0 saturated carbocycles. The highest BCUT2D eigenvalue weighted by molar-refractivity contribution is 5.79. The molecule has 0 N–H and O–H groups in total. The van der Waals surface area contributed by atoms with Crippen LogP contribution >= 0.6 is 0 Å². The molecular formula is C12H12N2O6. The Hall–Kier alpha value is -2.64. The molecule has 0 spiro atoms. The molecule has 0 bridgehead atoms. The number of ether oxygens (including phenoxy) is 2. The van der Waals surface area contributed by atoms with Gasteiger partial charge in [0.05, 0.1) is 17.9 Å². The maximum Gasteiger partial charge on any atom is 0.514 e. The summed E-state index contributed by atoms with van der Waals surface area (Å²) in [6.07, 6.45) is -2.29. The van der Waals surface area contributed by atoms with E-state index in [1.54, 1.807) is 0 Å². The fraction of sp³-hybridized carbons (Fsp3) is 0.333. The lowest BCUT2D eigenvalue weighted by molar-refractivity contribution is -0.384. The molecule has 1 heterocycles. The van der Waals surface area contributed by atoms with Crippen LogP contribution < -0.4 is 4.74 Å². The molecule has 2 rings (SSSR count). The zero-order valence-electron chi connectivity index (χ0n) is 13.1. The Morgan fingerprint density at radius 1 is 1.50 bits per heavy atom. The zero-order chi connectivity index (χ0) is 17.2. The predicted octanol–water partition coefficient (Wildman–Crippen LogP) is 1.34. The number of nitro groups is 1. The fourth-order valence-electron chi connectivity index (χ4n) is 1.65. The van der Waals surface area contributed by atoms with Gasteiger partial charge < -0.3 is 14.4 Å². The van der Waals surface area contributed by atoms with Crippen LogP contribution in [-0.2, 0) is 9.53 Å². The van der Waals surface area contributed by atoms with Crippen LogP contribution in [0, 0.1) is 10.1 Å². The summed E-state index contributed by atoms with van der Waals surface area (Å²) in [5.41, 5.74) is -0.166. The van der Waals surface area contributed by atoms with Crippen LogP contribution in [0.15, 0.2) is 24.3 Å². The van der Waals surface area contributed by atoms with Crippen molar-refractivity contribution in [2.24, 2.45) is 0 Å². The largest absolute Gasteiger partial charge is 0.514 e. The van der Waals surface area contributed by atoms with Gasteiger partial charge in [0.25, 0.3) is 5.69 Å². The SMILES string of the molecule is [2H]C([2H])([2H])N1C[C@@H](OC(=O)Oc2ccc([N+](=O)[O-])cc2)CC1=O. The Balaban J connectivity index is 1.90. The Bertz CT molecular complexity index is 631. The summed E-state index contributed by atoms with van der Waals surface area (Å²) in [6, 6.07) is 4.73. The smallest absolute Gasteiger partial charge is 0.428 e. The van der Waals surface area contributed by atoms with Gasteiger partial charge in [0.15, 0.2) is 0 Å². The van der Waals surface area contributed by atoms with E-state index in [0.29, 0.717) is 4.90 Å². The lowest BCUT2D eigenvalue weighted by Gasteiger charge is -2.11. The number of non-ortho nitro benzene ring substituents is 1. The first-order valence-corrected chi connectivity index (χ1v) is 5.60. The average Bonchev–Trinajstić information content (AvgIpc) is 2.80. The van der Waals surface area contributed by atoms with Gasteiger partial charge in [0, 0.05) is 23.2 Å². The Morgan fingerprint density at radius 2 is 2.20 bits per heavy atom. The average molecular weight is 283 g/mol. The number of hydrogen-bond acceptors (Lipinski definition) is 6. The van der Waals surface area contributed by atoms with Crippen LogP contribution in [0.3, 0.4) is 0 Å². The molecule has 1 aliphatic rings. The minimum absolute atomic E-state index is 0.0256. The van der Waals surface area contributed by atoms with Gasteiger partial charge in [-0.3, -0.25) is 14.9 Å². The summed E-state index contributed by atoms with van der Waals surface area (Å²) >= 11 is 0. The van der Waals surface area contributed by atoms with Crippen molar-refractivity contribution in [3.63, 3.8) is 0 Å². The van der Waals surface area contributed by atoms with Crippen molar-refractivity contribution < 1.29 is 28.1 Å². The summed E-state index contributed by atoms with van der Waals surface area (Å²) in [6.45, 7) is -2.83. The van der Waals surface area contributed by atoms with Gasteiger partial charge >= 0.3 is 6.16 Å². The first-order chi connectivity index (χ1) is 10.7. The number of amides is 1. The van der Waals surface area contributed by atoms with E-state index >= 15 is 0 Å². The van der Waals surface area contributed by atoms with Crippen LogP contribution in [-0.4, -0.2) is 41.5 Å². The van der Waals surface area contributed by atoms with Crippen LogP contribution in [0.4, 0.5) is 10.5 Å². The number of carbonyl (C=O) groups excluding carboxylic acids is 2. The number of likely N-dealkylation sites (tertiary alicyclic amines) is 1. The van der Waals surface area contributed by atoms with Crippen molar-refractivity contribution in [1.82, 2.24) is 4.90 Å². The Labute approximate surface area is 118 Å². The van der Waals surface area contributed by atoms with E-state index in [0.717, 1.165) is 12.1 Å². The first kappa shape index (κ1) is 10.2. The van der Waals surface area contributed by atoms with Gasteiger partial charge in [-0.05, 0) is 12.1 Å². The third-order valence-corrected chi connectivity index (χ3v) is 2.60. The summed E-state index contributed by atoms with van der Waals surface area (Å²) in [5.74, 6) is -0.615. The molecular weight excluding hydrogens is 268 g/mol. The summed E-state index contributed by atoms with van der Waals surface area (Å²) in [5, 5.41) is 10.5. The minimum atomic E-state index is -2.59. The number of rotatable bonds is 3. The van der Waals surface area contributed by atoms with Crippen molar-refractivity contribution >= 4 is 17.7 Å². The second kappa shape index (κ2) is 5.55. The molecule has 20 heavy (non-hydrogen) atoms. The van der Waals surface area contributed by atoms with E-state index in [1.165, 1.54) is 12.1 Å². The molecule has 0 aliphatic carbocycles. The summed E-state index contributed by atoms with van der Waals surface area (Å²) in [4.78, 5) is 33.7. The molecule has 106 valence electrons. The van der Waals surface area contributed by atoms with Gasteiger partial charge in [0.2, 0.25) is 5.91 Å². The highest BCUT2D eigenvalue weighted by Crippen LogP contribution is 2.19. The molecule has 1 amide bonds. The monoisotopic (exact) mass is 283 g/mol. The van der Waals surface area contributed by atoms with Gasteiger partial charge in [-0.25, -0.2) is 4.79 Å². The number of carbonyl (C=O) groups is 2. The highest BCUT2D eigenvalue weighted by Gasteiger charge is 2.30. The number of benzene rings is 1. The third-order valence-electron chi connectivity index (χ3n) is 2.60. The van der Waals surface area contributed by atoms with Gasteiger partial charge in [-0.2, -0.15) is 0 Å². The van der Waals surface area contributed by atoms with Crippen LogP contribution in [0.25, 0.3) is 0 Å². The maximum absolute atomic E-state index is 11.6. The van der Waals surface area contributed by atoms with E-state index < -0.39 is 30.1 Å². The number of hydrogen-bond donors (Lipinski definition) is 0. The second-order valence-electron chi connectivity index (χ2n) is 4.05. The van der Waals surface area contributed by atoms with Gasteiger partial charge in [-0.15, -0.1) is 0 Å². The van der Waals surface area contributed by atoms with E-state index in [9.17, 15) is 19.7 Å². The molecule has 1 aromatic carbocycles. The van der Waals surface area contributed by atoms with Gasteiger partial charge in [-0.1, -0.05) is 0 Å². The molecule has 8 heteroatoms. The lowest BCUT2D eigenvalue weighted by atomic mass is 10.3. The molecule has 0 unspecified atom stereocenters. The van der Waals surface area contributed by atoms with E-state index in [4.69, 9.17) is 13.6 Å². The second-order valence-corrected chi connectivity index (χ2v) is 4.05. The standard InChI is InChI=1S/C12H12N2O6/c1-13-7-10(6-11(13)15)20-12(16)19-9-4-2-8(3-5-9)14(17)18/h2-5,10H,6-7H2,1H3/t10-/m0/s1/i1D3. The molecule has 1 aliphatic heterocycles. The van der Waals surface area contributed by atoms with Crippen LogP contribution in [0.1, 0.15) is 10.5 Å². The first-order valence-electron chi connectivity index (χ1n) is 7.10. The quantitative estimate of drug-likeness (QED) is 0.359. The topological polar surface area (TPSA) is 99.0 Å². The molecule has 1 atom stereocenters.